The Morgan fingerprint density at radius 2 is 1.68 bits per heavy atom. The summed E-state index contributed by atoms with van der Waals surface area (Å²) >= 11 is 12.2. The van der Waals surface area contributed by atoms with Crippen molar-refractivity contribution in [1.82, 2.24) is 14.7 Å². The number of carbonyl (C=O) groups excluding carboxylic acids is 2. The molecule has 2 amide bonds. The van der Waals surface area contributed by atoms with Gasteiger partial charge < -0.3 is 14.5 Å². The van der Waals surface area contributed by atoms with Crippen LogP contribution in [-0.4, -0.2) is 77.6 Å². The fraction of sp³-hybridized carbons (Fsp3) is 0.652. The molecule has 0 unspecified atom stereocenters. The van der Waals surface area contributed by atoms with E-state index in [2.05, 4.69) is 4.90 Å². The third-order valence-corrected chi connectivity index (χ3v) is 7.64. The monoisotopic (exact) mass is 467 g/mol. The zero-order chi connectivity index (χ0) is 22.0. The first-order chi connectivity index (χ1) is 15.0. The van der Waals surface area contributed by atoms with Crippen molar-refractivity contribution in [2.75, 3.05) is 32.8 Å². The van der Waals surface area contributed by atoms with Gasteiger partial charge in [-0.2, -0.15) is 0 Å². The van der Waals surface area contributed by atoms with Crippen LogP contribution in [0.2, 0.25) is 10.0 Å². The van der Waals surface area contributed by atoms with Crippen molar-refractivity contribution >= 4 is 35.2 Å². The number of hydrogen-bond donors (Lipinski definition) is 0. The van der Waals surface area contributed by atoms with Crippen LogP contribution in [0, 0.1) is 0 Å². The highest BCUT2D eigenvalue weighted by atomic mass is 35.5. The summed E-state index contributed by atoms with van der Waals surface area (Å²) in [6.07, 6.45) is 5.47. The molecule has 0 spiro atoms. The Kier molecular flexibility index (Phi) is 7.29. The number of fused-ring (bicyclic) bond motifs is 1. The molecule has 0 radical (unpaired) electrons. The van der Waals surface area contributed by atoms with Crippen molar-refractivity contribution in [2.24, 2.45) is 0 Å². The van der Waals surface area contributed by atoms with Gasteiger partial charge in [-0.1, -0.05) is 29.3 Å². The summed E-state index contributed by atoms with van der Waals surface area (Å²) in [5, 5.41) is 0.951. The first kappa shape index (κ1) is 22.7. The van der Waals surface area contributed by atoms with Crippen LogP contribution in [0.15, 0.2) is 18.2 Å². The maximum Gasteiger partial charge on any atom is 0.410 e. The number of amides is 2. The first-order valence-corrected chi connectivity index (χ1v) is 12.2. The van der Waals surface area contributed by atoms with Crippen LogP contribution in [0.4, 0.5) is 4.79 Å². The smallest absolute Gasteiger partial charge is 0.410 e. The lowest BCUT2D eigenvalue weighted by Crippen LogP contribution is -2.69. The molecular formula is C23H31Cl2N3O3. The standard InChI is InChI=1S/C23H31Cl2N3O3/c1-2-31-23(30)27-12-13-28(21(29)15-16-8-9-17(24)18(25)14-16)22-19(6-5-7-20(22)27)26-10-3-4-11-26/h8-9,14,19-20,22H,2-7,10-13,15H2,1H3/t19-,20-,22+/m1/s1. The minimum Gasteiger partial charge on any atom is -0.450 e. The topological polar surface area (TPSA) is 53.1 Å². The van der Waals surface area contributed by atoms with Crippen molar-refractivity contribution in [3.8, 4) is 0 Å². The molecule has 2 saturated heterocycles. The van der Waals surface area contributed by atoms with Crippen molar-refractivity contribution in [2.45, 2.75) is 63.6 Å². The number of carbonyl (C=O) groups is 2. The highest BCUT2D eigenvalue weighted by Gasteiger charge is 2.48. The minimum absolute atomic E-state index is 0.000258. The third-order valence-electron chi connectivity index (χ3n) is 6.90. The second-order valence-electron chi connectivity index (χ2n) is 8.70. The number of hydrogen-bond acceptors (Lipinski definition) is 4. The molecule has 3 atom stereocenters. The number of piperazine rings is 1. The van der Waals surface area contributed by atoms with E-state index in [-0.39, 0.29) is 36.5 Å². The molecule has 1 saturated carbocycles. The van der Waals surface area contributed by atoms with Crippen molar-refractivity contribution in [3.63, 3.8) is 0 Å². The average Bonchev–Trinajstić information content (AvgIpc) is 3.30. The third kappa shape index (κ3) is 4.81. The van der Waals surface area contributed by atoms with Gasteiger partial charge in [0.15, 0.2) is 0 Å². The van der Waals surface area contributed by atoms with Crippen LogP contribution in [0.25, 0.3) is 0 Å². The average molecular weight is 468 g/mol. The van der Waals surface area contributed by atoms with E-state index in [9.17, 15) is 9.59 Å². The fourth-order valence-corrected chi connectivity index (χ4v) is 5.86. The SMILES string of the molecule is CCOC(=O)N1CCN(C(=O)Cc2ccc(Cl)c(Cl)c2)[C@H]2[C@H](N3CCCC3)CCC[C@H]21. The van der Waals surface area contributed by atoms with E-state index >= 15 is 0 Å². The molecule has 1 aromatic rings. The lowest BCUT2D eigenvalue weighted by molar-refractivity contribution is -0.142. The Bertz CT molecular complexity index is 815. The molecule has 0 N–H and O–H groups in total. The van der Waals surface area contributed by atoms with Crippen LogP contribution >= 0.6 is 23.2 Å². The maximum absolute atomic E-state index is 13.5. The van der Waals surface area contributed by atoms with Gasteiger partial charge in [-0.25, -0.2) is 4.79 Å². The van der Waals surface area contributed by atoms with Gasteiger partial charge in [0.2, 0.25) is 5.91 Å². The van der Waals surface area contributed by atoms with Crippen molar-refractivity contribution in [3.05, 3.63) is 33.8 Å². The normalized spacial score (nSPS) is 26.6. The van der Waals surface area contributed by atoms with E-state index < -0.39 is 0 Å². The second-order valence-corrected chi connectivity index (χ2v) is 9.52. The molecule has 1 aliphatic carbocycles. The maximum atomic E-state index is 13.5. The highest BCUT2D eigenvalue weighted by Crippen LogP contribution is 2.35. The molecule has 0 aromatic heterocycles. The fourth-order valence-electron chi connectivity index (χ4n) is 5.54. The summed E-state index contributed by atoms with van der Waals surface area (Å²) in [5.74, 6) is 0.0861. The largest absolute Gasteiger partial charge is 0.450 e. The van der Waals surface area contributed by atoms with E-state index in [0.29, 0.717) is 29.7 Å². The van der Waals surface area contributed by atoms with Gasteiger partial charge in [-0.15, -0.1) is 0 Å². The molecule has 3 aliphatic rings. The van der Waals surface area contributed by atoms with Crippen molar-refractivity contribution in [1.29, 1.82) is 0 Å². The van der Waals surface area contributed by atoms with E-state index in [0.717, 1.165) is 37.9 Å². The summed E-state index contributed by atoms with van der Waals surface area (Å²) in [6, 6.07) is 5.66. The number of benzene rings is 1. The molecule has 2 heterocycles. The number of halogens is 2. The van der Waals surface area contributed by atoms with Gasteiger partial charge in [0.05, 0.1) is 35.2 Å². The molecule has 31 heavy (non-hydrogen) atoms. The molecule has 6 nitrogen and oxygen atoms in total. The highest BCUT2D eigenvalue weighted by molar-refractivity contribution is 6.42. The molecule has 170 valence electrons. The predicted octanol–water partition coefficient (Wildman–Crippen LogP) is 4.22. The number of nitrogens with zero attached hydrogens (tertiary/aromatic N) is 3. The molecule has 2 aliphatic heterocycles. The van der Waals surface area contributed by atoms with E-state index in [4.69, 9.17) is 27.9 Å². The summed E-state index contributed by atoms with van der Waals surface area (Å²) in [6.45, 7) is 5.39. The van der Waals surface area contributed by atoms with E-state index in [1.807, 2.05) is 22.8 Å². The lowest BCUT2D eigenvalue weighted by atomic mass is 9.81. The van der Waals surface area contributed by atoms with Gasteiger partial charge >= 0.3 is 6.09 Å². The summed E-state index contributed by atoms with van der Waals surface area (Å²) in [5.41, 5.74) is 0.859. The molecule has 0 bridgehead atoms. The minimum atomic E-state index is -0.254. The lowest BCUT2D eigenvalue weighted by Gasteiger charge is -2.54. The Morgan fingerprint density at radius 1 is 0.968 bits per heavy atom. The molecule has 1 aromatic carbocycles. The van der Waals surface area contributed by atoms with E-state index in [1.165, 1.54) is 12.8 Å². The Labute approximate surface area is 194 Å². The zero-order valence-electron chi connectivity index (χ0n) is 18.1. The molecule has 3 fully saturated rings. The molecule has 4 rings (SSSR count). The Morgan fingerprint density at radius 3 is 2.39 bits per heavy atom. The van der Waals surface area contributed by atoms with Gasteiger partial charge in [0.1, 0.15) is 0 Å². The zero-order valence-corrected chi connectivity index (χ0v) is 19.6. The summed E-state index contributed by atoms with van der Waals surface area (Å²) in [7, 11) is 0. The summed E-state index contributed by atoms with van der Waals surface area (Å²) < 4.78 is 5.35. The number of ether oxygens (including phenoxy) is 1. The molecular weight excluding hydrogens is 437 g/mol. The second kappa shape index (κ2) is 9.97. The van der Waals surface area contributed by atoms with Gasteiger partial charge in [0, 0.05) is 19.1 Å². The van der Waals surface area contributed by atoms with Crippen molar-refractivity contribution < 1.29 is 14.3 Å². The van der Waals surface area contributed by atoms with Gasteiger partial charge in [0.25, 0.3) is 0 Å². The quantitative estimate of drug-likeness (QED) is 0.664. The Balaban J connectivity index is 1.58. The number of likely N-dealkylation sites (tertiary alicyclic amines) is 1. The summed E-state index contributed by atoms with van der Waals surface area (Å²) in [4.78, 5) is 32.6. The van der Waals surface area contributed by atoms with Crippen LogP contribution < -0.4 is 0 Å². The first-order valence-electron chi connectivity index (χ1n) is 11.4. The Hall–Kier alpha value is -1.50. The van der Waals surface area contributed by atoms with Gasteiger partial charge in [-0.3, -0.25) is 9.69 Å². The van der Waals surface area contributed by atoms with E-state index in [1.54, 1.807) is 12.1 Å². The van der Waals surface area contributed by atoms with Crippen LogP contribution in [0.1, 0.15) is 44.6 Å². The van der Waals surface area contributed by atoms with Gasteiger partial charge in [-0.05, 0) is 69.8 Å². The number of rotatable bonds is 4. The van der Waals surface area contributed by atoms with Crippen LogP contribution in [0.3, 0.4) is 0 Å². The van der Waals surface area contributed by atoms with Crippen LogP contribution in [-0.2, 0) is 16.0 Å². The molecule has 8 heteroatoms. The predicted molar refractivity (Wildman–Crippen MR) is 122 cm³/mol. The van der Waals surface area contributed by atoms with Crippen LogP contribution in [0.5, 0.6) is 0 Å².